The van der Waals surface area contributed by atoms with Crippen LogP contribution >= 0.6 is 22.6 Å². The molecule has 11 heavy (non-hydrogen) atoms. The van der Waals surface area contributed by atoms with Crippen LogP contribution in [-0.2, 0) is 9.47 Å². The van der Waals surface area contributed by atoms with Crippen LogP contribution < -0.4 is 0 Å². The van der Waals surface area contributed by atoms with Crippen LogP contribution in [0.25, 0.3) is 0 Å². The second-order valence-electron chi connectivity index (χ2n) is 2.45. The summed E-state index contributed by atoms with van der Waals surface area (Å²) in [6, 6.07) is 0. The highest BCUT2D eigenvalue weighted by atomic mass is 127. The third-order valence-electron chi connectivity index (χ3n) is 1.58. The lowest BCUT2D eigenvalue weighted by Gasteiger charge is -2.10. The van der Waals surface area contributed by atoms with Gasteiger partial charge in [0.05, 0.1) is 12.7 Å². The Hall–Kier alpha value is 0.210. The fourth-order valence-electron chi connectivity index (χ4n) is 1.02. The van der Waals surface area contributed by atoms with Gasteiger partial charge in [-0.2, -0.15) is 0 Å². The quantitative estimate of drug-likeness (QED) is 0.438. The first-order chi connectivity index (χ1) is 5.33. The molecule has 2 unspecified atom stereocenters. The molecule has 1 rings (SSSR count). The second-order valence-corrected chi connectivity index (χ2v) is 3.58. The number of ether oxygens (including phenoxy) is 2. The Kier molecular flexibility index (Phi) is 4.20. The Balaban J connectivity index is 2.07. The first-order valence-electron chi connectivity index (χ1n) is 3.66. The number of rotatable bonds is 3. The van der Waals surface area contributed by atoms with E-state index >= 15 is 0 Å². The first-order valence-corrected chi connectivity index (χ1v) is 4.91. The van der Waals surface area contributed by atoms with E-state index in [0.29, 0.717) is 6.61 Å². The van der Waals surface area contributed by atoms with E-state index in [-0.39, 0.29) is 10.2 Å². The number of hydrogen-bond donors (Lipinski definition) is 0. The summed E-state index contributed by atoms with van der Waals surface area (Å²) in [5.74, 6) is 2.50. The maximum Gasteiger partial charge on any atom is 0.169 e. The van der Waals surface area contributed by atoms with Crippen LogP contribution in [0.3, 0.4) is 0 Å². The van der Waals surface area contributed by atoms with Gasteiger partial charge in [0.25, 0.3) is 0 Å². The van der Waals surface area contributed by atoms with Crippen molar-refractivity contribution < 1.29 is 9.47 Å². The molecule has 0 aromatic rings. The summed E-state index contributed by atoms with van der Waals surface area (Å²) in [4.78, 5) is 0. The van der Waals surface area contributed by atoms with E-state index in [9.17, 15) is 0 Å². The summed E-state index contributed by atoms with van der Waals surface area (Å²) in [6.07, 6.45) is 7.67. The predicted molar refractivity (Wildman–Crippen MR) is 51.6 cm³/mol. The molecule has 1 fully saturated rings. The van der Waals surface area contributed by atoms with Crippen LogP contribution in [-0.4, -0.2) is 23.4 Å². The molecule has 0 aliphatic carbocycles. The number of halogens is 1. The Morgan fingerprint density at radius 3 is 3.18 bits per heavy atom. The van der Waals surface area contributed by atoms with Crippen LogP contribution in [0.5, 0.6) is 0 Å². The zero-order chi connectivity index (χ0) is 8.10. The lowest BCUT2D eigenvalue weighted by atomic mass is 10.2. The van der Waals surface area contributed by atoms with E-state index < -0.39 is 0 Å². The van der Waals surface area contributed by atoms with Gasteiger partial charge < -0.3 is 9.47 Å². The summed E-state index contributed by atoms with van der Waals surface area (Å²) < 4.78 is 10.5. The molecular weight excluding hydrogens is 255 g/mol. The molecule has 2 atom stereocenters. The summed E-state index contributed by atoms with van der Waals surface area (Å²) in [6.45, 7) is 1.51. The largest absolute Gasteiger partial charge is 0.376 e. The van der Waals surface area contributed by atoms with Crippen molar-refractivity contribution in [2.75, 3.05) is 13.2 Å². The van der Waals surface area contributed by atoms with Crippen LogP contribution in [0.1, 0.15) is 12.8 Å². The number of hydrogen-bond acceptors (Lipinski definition) is 2. The maximum absolute atomic E-state index is 5.35. The van der Waals surface area contributed by atoms with E-state index in [0.717, 1.165) is 19.4 Å². The summed E-state index contributed by atoms with van der Waals surface area (Å²) >= 11 is 2.08. The molecule has 3 heteroatoms. The third kappa shape index (κ3) is 3.41. The molecule has 1 heterocycles. The Morgan fingerprint density at radius 1 is 1.82 bits per heavy atom. The van der Waals surface area contributed by atoms with Crippen molar-refractivity contribution in [1.82, 2.24) is 0 Å². The highest BCUT2D eigenvalue weighted by Crippen LogP contribution is 2.13. The molecule has 2 nitrogen and oxygen atoms in total. The van der Waals surface area contributed by atoms with Crippen molar-refractivity contribution in [3.05, 3.63) is 0 Å². The molecule has 0 aromatic heterocycles. The SMILES string of the molecule is C#CC(I)OCC1CCCO1. The molecular formula is C8H11IO2. The van der Waals surface area contributed by atoms with E-state index in [1.54, 1.807) is 0 Å². The zero-order valence-corrected chi connectivity index (χ0v) is 8.41. The van der Waals surface area contributed by atoms with E-state index in [1.807, 2.05) is 0 Å². The summed E-state index contributed by atoms with van der Waals surface area (Å²) in [5, 5.41) is 0. The van der Waals surface area contributed by atoms with E-state index in [2.05, 4.69) is 28.5 Å². The Bertz CT molecular complexity index is 147. The molecule has 0 spiro atoms. The minimum atomic E-state index is -0.114. The topological polar surface area (TPSA) is 18.5 Å². The molecule has 1 aliphatic heterocycles. The molecule has 0 radical (unpaired) electrons. The Labute approximate surface area is 80.8 Å². The lowest BCUT2D eigenvalue weighted by Crippen LogP contribution is -2.16. The average molecular weight is 266 g/mol. The average Bonchev–Trinajstić information content (AvgIpc) is 2.52. The highest BCUT2D eigenvalue weighted by Gasteiger charge is 2.16. The van der Waals surface area contributed by atoms with Gasteiger partial charge in [0.2, 0.25) is 0 Å². The van der Waals surface area contributed by atoms with Crippen LogP contribution in [0.4, 0.5) is 0 Å². The van der Waals surface area contributed by atoms with Crippen molar-refractivity contribution >= 4 is 22.6 Å². The van der Waals surface area contributed by atoms with Crippen LogP contribution in [0.15, 0.2) is 0 Å². The van der Waals surface area contributed by atoms with Crippen LogP contribution in [0.2, 0.25) is 0 Å². The maximum atomic E-state index is 5.35. The van der Waals surface area contributed by atoms with Crippen LogP contribution in [0, 0.1) is 12.3 Å². The smallest absolute Gasteiger partial charge is 0.169 e. The molecule has 0 bridgehead atoms. The van der Waals surface area contributed by atoms with Crippen molar-refractivity contribution in [3.8, 4) is 12.3 Å². The highest BCUT2D eigenvalue weighted by molar-refractivity contribution is 14.1. The molecule has 0 amide bonds. The van der Waals surface area contributed by atoms with Crippen molar-refractivity contribution in [2.45, 2.75) is 23.1 Å². The van der Waals surface area contributed by atoms with E-state index in [1.165, 1.54) is 0 Å². The zero-order valence-electron chi connectivity index (χ0n) is 6.25. The standard InChI is InChI=1S/C8H11IO2/c1-2-8(9)11-6-7-4-3-5-10-7/h1,7-8H,3-6H2. The molecule has 62 valence electrons. The fraction of sp³-hybridized carbons (Fsp3) is 0.750. The molecule has 1 aliphatic rings. The van der Waals surface area contributed by atoms with Gasteiger partial charge in [-0.05, 0) is 35.4 Å². The first kappa shape index (κ1) is 9.30. The minimum absolute atomic E-state index is 0.114. The van der Waals surface area contributed by atoms with Gasteiger partial charge in [-0.3, -0.25) is 0 Å². The van der Waals surface area contributed by atoms with Gasteiger partial charge in [0, 0.05) is 6.61 Å². The minimum Gasteiger partial charge on any atom is -0.376 e. The second kappa shape index (κ2) is 4.96. The van der Waals surface area contributed by atoms with Crippen molar-refractivity contribution in [3.63, 3.8) is 0 Å². The van der Waals surface area contributed by atoms with Gasteiger partial charge in [0.1, 0.15) is 0 Å². The van der Waals surface area contributed by atoms with Gasteiger partial charge in [-0.1, -0.05) is 5.92 Å². The lowest BCUT2D eigenvalue weighted by molar-refractivity contribution is 0.0240. The molecule has 0 saturated carbocycles. The number of terminal acetylenes is 1. The van der Waals surface area contributed by atoms with Gasteiger partial charge in [0.15, 0.2) is 4.11 Å². The third-order valence-corrected chi connectivity index (χ3v) is 2.30. The summed E-state index contributed by atoms with van der Waals surface area (Å²) in [5.41, 5.74) is 0. The predicted octanol–water partition coefficient (Wildman–Crippen LogP) is 1.58. The van der Waals surface area contributed by atoms with Crippen molar-refractivity contribution in [1.29, 1.82) is 0 Å². The number of alkyl halides is 1. The molecule has 0 aromatic carbocycles. The monoisotopic (exact) mass is 266 g/mol. The van der Waals surface area contributed by atoms with Crippen molar-refractivity contribution in [2.24, 2.45) is 0 Å². The molecule has 1 saturated heterocycles. The van der Waals surface area contributed by atoms with Gasteiger partial charge in [-0.15, -0.1) is 6.42 Å². The van der Waals surface area contributed by atoms with Gasteiger partial charge in [-0.25, -0.2) is 0 Å². The van der Waals surface area contributed by atoms with E-state index in [4.69, 9.17) is 15.9 Å². The Morgan fingerprint density at radius 2 is 2.64 bits per heavy atom. The normalized spacial score (nSPS) is 26.4. The summed E-state index contributed by atoms with van der Waals surface area (Å²) in [7, 11) is 0. The molecule has 0 N–H and O–H groups in total. The van der Waals surface area contributed by atoms with Gasteiger partial charge >= 0.3 is 0 Å². The fourth-order valence-corrected chi connectivity index (χ4v) is 1.22.